The zero-order valence-corrected chi connectivity index (χ0v) is 12.3. The average molecular weight is 259 g/mol. The van der Waals surface area contributed by atoms with E-state index in [0.717, 1.165) is 12.8 Å². The first-order chi connectivity index (χ1) is 8.48. The molecule has 0 aliphatic heterocycles. The molecule has 0 aromatic heterocycles. The largest absolute Gasteiger partial charge is 0.353 e. The van der Waals surface area contributed by atoms with Crippen LogP contribution in [0.5, 0.6) is 0 Å². The Bertz CT molecular complexity index is 178. The molecule has 0 fully saturated rings. The molecule has 0 rings (SSSR count). The highest BCUT2D eigenvalue weighted by atomic mass is 16.5. The Labute approximate surface area is 113 Å². The molecule has 0 saturated carbocycles. The van der Waals surface area contributed by atoms with Crippen molar-refractivity contribution in [2.24, 2.45) is 11.7 Å². The summed E-state index contributed by atoms with van der Waals surface area (Å²) in [7, 11) is 0. The lowest BCUT2D eigenvalue weighted by molar-refractivity contribution is -0.192. The van der Waals surface area contributed by atoms with Crippen molar-refractivity contribution in [3.8, 4) is 0 Å². The number of hydrogen-bond donors (Lipinski definition) is 3. The van der Waals surface area contributed by atoms with E-state index in [1.807, 2.05) is 0 Å². The standard InChI is InChI=1S/C15H33NO2/c1-3-4-5-6-7-8-9-10-11-12-13-14(2)15(16,17)18/h14,17-18H,3-13,16H2,1-2H3. The van der Waals surface area contributed by atoms with Crippen LogP contribution in [-0.4, -0.2) is 16.1 Å². The summed E-state index contributed by atoms with van der Waals surface area (Å²) in [5.41, 5.74) is 5.21. The molecular weight excluding hydrogens is 226 g/mol. The zero-order valence-electron chi connectivity index (χ0n) is 12.3. The van der Waals surface area contributed by atoms with E-state index in [2.05, 4.69) is 6.92 Å². The number of hydrogen-bond acceptors (Lipinski definition) is 3. The first-order valence-electron chi connectivity index (χ1n) is 7.72. The van der Waals surface area contributed by atoms with Gasteiger partial charge >= 0.3 is 0 Å². The molecule has 0 saturated heterocycles. The van der Waals surface area contributed by atoms with Crippen molar-refractivity contribution < 1.29 is 10.2 Å². The maximum absolute atomic E-state index is 9.16. The summed E-state index contributed by atoms with van der Waals surface area (Å²) in [6, 6.07) is 0. The second-order valence-corrected chi connectivity index (χ2v) is 5.65. The summed E-state index contributed by atoms with van der Waals surface area (Å²) in [5.74, 6) is -2.24. The SMILES string of the molecule is CCCCCCCCCCCCC(C)C(N)(O)O. The van der Waals surface area contributed by atoms with Gasteiger partial charge in [0, 0.05) is 5.92 Å². The van der Waals surface area contributed by atoms with Crippen molar-refractivity contribution in [1.82, 2.24) is 0 Å². The van der Waals surface area contributed by atoms with Crippen LogP contribution in [0.1, 0.15) is 84.5 Å². The van der Waals surface area contributed by atoms with Crippen LogP contribution < -0.4 is 5.73 Å². The maximum atomic E-state index is 9.16. The number of rotatable bonds is 12. The van der Waals surface area contributed by atoms with Crippen LogP contribution in [0.3, 0.4) is 0 Å². The summed E-state index contributed by atoms with van der Waals surface area (Å²) in [6.45, 7) is 4.03. The Hall–Kier alpha value is -0.120. The van der Waals surface area contributed by atoms with E-state index >= 15 is 0 Å². The van der Waals surface area contributed by atoms with Gasteiger partial charge in [-0.3, -0.25) is 5.73 Å². The molecule has 0 amide bonds. The molecule has 0 aromatic carbocycles. The van der Waals surface area contributed by atoms with Crippen LogP contribution in [-0.2, 0) is 0 Å². The molecule has 110 valence electrons. The number of nitrogens with two attached hydrogens (primary N) is 1. The highest BCUT2D eigenvalue weighted by Gasteiger charge is 2.24. The van der Waals surface area contributed by atoms with Crippen LogP contribution in [0.4, 0.5) is 0 Å². The van der Waals surface area contributed by atoms with Gasteiger partial charge < -0.3 is 10.2 Å². The molecule has 0 radical (unpaired) electrons. The average Bonchev–Trinajstić information content (AvgIpc) is 2.30. The van der Waals surface area contributed by atoms with Gasteiger partial charge in [0.1, 0.15) is 0 Å². The van der Waals surface area contributed by atoms with Crippen LogP contribution in [0, 0.1) is 5.92 Å². The van der Waals surface area contributed by atoms with E-state index in [-0.39, 0.29) is 5.92 Å². The molecule has 3 nitrogen and oxygen atoms in total. The molecule has 0 heterocycles. The lowest BCUT2D eigenvalue weighted by Gasteiger charge is -2.23. The van der Waals surface area contributed by atoms with Gasteiger partial charge in [-0.15, -0.1) is 0 Å². The van der Waals surface area contributed by atoms with E-state index in [1.54, 1.807) is 6.92 Å². The molecule has 0 spiro atoms. The van der Waals surface area contributed by atoms with Crippen molar-refractivity contribution in [1.29, 1.82) is 0 Å². The zero-order chi connectivity index (χ0) is 13.9. The van der Waals surface area contributed by atoms with Crippen LogP contribution in [0.15, 0.2) is 0 Å². The van der Waals surface area contributed by atoms with Crippen LogP contribution in [0.25, 0.3) is 0 Å². The van der Waals surface area contributed by atoms with Crippen LogP contribution in [0.2, 0.25) is 0 Å². The highest BCUT2D eigenvalue weighted by Crippen LogP contribution is 2.17. The maximum Gasteiger partial charge on any atom is 0.222 e. The summed E-state index contributed by atoms with van der Waals surface area (Å²) in [5, 5.41) is 18.3. The van der Waals surface area contributed by atoms with Gasteiger partial charge in [-0.05, 0) is 6.42 Å². The third-order valence-electron chi connectivity index (χ3n) is 3.72. The van der Waals surface area contributed by atoms with E-state index < -0.39 is 5.91 Å². The predicted octanol–water partition coefficient (Wildman–Crippen LogP) is 3.53. The lowest BCUT2D eigenvalue weighted by atomic mass is 9.98. The molecule has 1 unspecified atom stereocenters. The Morgan fingerprint density at radius 3 is 1.61 bits per heavy atom. The van der Waals surface area contributed by atoms with Gasteiger partial charge in [-0.1, -0.05) is 78.1 Å². The third-order valence-corrected chi connectivity index (χ3v) is 3.72. The van der Waals surface area contributed by atoms with Crippen LogP contribution >= 0.6 is 0 Å². The third kappa shape index (κ3) is 11.0. The van der Waals surface area contributed by atoms with Gasteiger partial charge in [-0.2, -0.15) is 0 Å². The molecule has 0 aliphatic carbocycles. The van der Waals surface area contributed by atoms with E-state index in [0.29, 0.717) is 0 Å². The first kappa shape index (κ1) is 17.9. The molecular formula is C15H33NO2. The number of unbranched alkanes of at least 4 members (excludes halogenated alkanes) is 9. The fraction of sp³-hybridized carbons (Fsp3) is 1.00. The number of aliphatic hydroxyl groups is 2. The van der Waals surface area contributed by atoms with Gasteiger partial charge in [0.05, 0.1) is 0 Å². The Morgan fingerprint density at radius 2 is 1.22 bits per heavy atom. The second-order valence-electron chi connectivity index (χ2n) is 5.65. The van der Waals surface area contributed by atoms with E-state index in [4.69, 9.17) is 15.9 Å². The second kappa shape index (κ2) is 10.8. The molecule has 1 atom stereocenters. The summed E-state index contributed by atoms with van der Waals surface area (Å²) >= 11 is 0. The molecule has 0 bridgehead atoms. The predicted molar refractivity (Wildman–Crippen MR) is 77.0 cm³/mol. The first-order valence-corrected chi connectivity index (χ1v) is 7.72. The molecule has 0 aliphatic rings. The normalized spacial score (nSPS) is 13.8. The Balaban J connectivity index is 3.17. The summed E-state index contributed by atoms with van der Waals surface area (Å²) in [4.78, 5) is 0. The monoisotopic (exact) mass is 259 g/mol. The minimum absolute atomic E-state index is 0.244. The quantitative estimate of drug-likeness (QED) is 0.371. The molecule has 4 N–H and O–H groups in total. The van der Waals surface area contributed by atoms with Gasteiger partial charge in [0.2, 0.25) is 5.91 Å². The van der Waals surface area contributed by atoms with Crippen molar-refractivity contribution >= 4 is 0 Å². The minimum Gasteiger partial charge on any atom is -0.353 e. The smallest absolute Gasteiger partial charge is 0.222 e. The van der Waals surface area contributed by atoms with Gasteiger partial charge in [-0.25, -0.2) is 0 Å². The Kier molecular flexibility index (Phi) is 10.7. The van der Waals surface area contributed by atoms with Crippen molar-refractivity contribution in [3.05, 3.63) is 0 Å². The topological polar surface area (TPSA) is 66.5 Å². The fourth-order valence-corrected chi connectivity index (χ4v) is 2.15. The summed E-state index contributed by atoms with van der Waals surface area (Å²) < 4.78 is 0. The fourth-order valence-electron chi connectivity index (χ4n) is 2.15. The Morgan fingerprint density at radius 1 is 0.833 bits per heavy atom. The lowest BCUT2D eigenvalue weighted by Crippen LogP contribution is -2.45. The van der Waals surface area contributed by atoms with Crippen molar-refractivity contribution in [2.45, 2.75) is 90.4 Å². The minimum atomic E-state index is -2.00. The van der Waals surface area contributed by atoms with Gasteiger partial charge in [0.15, 0.2) is 0 Å². The van der Waals surface area contributed by atoms with Crippen molar-refractivity contribution in [2.75, 3.05) is 0 Å². The highest BCUT2D eigenvalue weighted by molar-refractivity contribution is 4.64. The molecule has 3 heteroatoms. The summed E-state index contributed by atoms with van der Waals surface area (Å²) in [6.07, 6.45) is 13.8. The molecule has 0 aromatic rings. The van der Waals surface area contributed by atoms with Crippen molar-refractivity contribution in [3.63, 3.8) is 0 Å². The van der Waals surface area contributed by atoms with E-state index in [1.165, 1.54) is 57.8 Å². The van der Waals surface area contributed by atoms with E-state index in [9.17, 15) is 0 Å². The van der Waals surface area contributed by atoms with Gasteiger partial charge in [0.25, 0.3) is 0 Å². The molecule has 18 heavy (non-hydrogen) atoms.